The van der Waals surface area contributed by atoms with Gasteiger partial charge in [0.25, 0.3) is 0 Å². The maximum atomic E-state index is 12.7. The molecule has 0 aliphatic rings. The minimum Gasteiger partial charge on any atom is -0.338 e. The molecule has 0 aromatic heterocycles. The van der Waals surface area contributed by atoms with E-state index in [1.54, 1.807) is 19.9 Å². The summed E-state index contributed by atoms with van der Waals surface area (Å²) < 4.78 is 38.1. The van der Waals surface area contributed by atoms with Gasteiger partial charge in [-0.1, -0.05) is 12.1 Å². The lowest BCUT2D eigenvalue weighted by atomic mass is 10.0. The van der Waals surface area contributed by atoms with Crippen molar-refractivity contribution in [2.75, 3.05) is 6.54 Å². The monoisotopic (exact) mass is 331 g/mol. The predicted octanol–water partition coefficient (Wildman–Crippen LogP) is 2.59. The first-order valence-corrected chi connectivity index (χ1v) is 7.17. The number of nitrogens with one attached hydrogen (secondary N) is 3. The summed E-state index contributed by atoms with van der Waals surface area (Å²) in [5.41, 5.74) is -0.347. The highest BCUT2D eigenvalue weighted by molar-refractivity contribution is 5.96. The Labute approximate surface area is 132 Å². The predicted molar refractivity (Wildman–Crippen MR) is 79.7 cm³/mol. The summed E-state index contributed by atoms with van der Waals surface area (Å²) in [7, 11) is 0. The van der Waals surface area contributed by atoms with Gasteiger partial charge in [0.2, 0.25) is 5.91 Å². The van der Waals surface area contributed by atoms with E-state index in [0.29, 0.717) is 12.1 Å². The molecular formula is C15H20F3N3O2. The Bertz CT molecular complexity index is 561. The van der Waals surface area contributed by atoms with Crippen molar-refractivity contribution in [2.24, 2.45) is 0 Å². The Morgan fingerprint density at radius 2 is 1.87 bits per heavy atom. The second-order valence-corrected chi connectivity index (χ2v) is 5.08. The van der Waals surface area contributed by atoms with Gasteiger partial charge >= 0.3 is 12.2 Å². The van der Waals surface area contributed by atoms with Crippen molar-refractivity contribution in [3.8, 4) is 0 Å². The number of imide groups is 1. The van der Waals surface area contributed by atoms with E-state index in [9.17, 15) is 22.8 Å². The van der Waals surface area contributed by atoms with Crippen LogP contribution in [-0.4, -0.2) is 24.5 Å². The van der Waals surface area contributed by atoms with Gasteiger partial charge in [-0.25, -0.2) is 4.79 Å². The number of carbonyl (C=O) groups excluding carboxylic acids is 2. The van der Waals surface area contributed by atoms with E-state index in [-0.39, 0.29) is 0 Å². The topological polar surface area (TPSA) is 70.2 Å². The molecule has 0 unspecified atom stereocenters. The van der Waals surface area contributed by atoms with Crippen LogP contribution in [0.3, 0.4) is 0 Å². The van der Waals surface area contributed by atoms with E-state index in [0.717, 1.165) is 12.1 Å². The lowest BCUT2D eigenvalue weighted by Gasteiger charge is -2.20. The first kappa shape index (κ1) is 19.0. The quantitative estimate of drug-likeness (QED) is 0.777. The minimum absolute atomic E-state index is 0.377. The number of hydrogen-bond donors (Lipinski definition) is 3. The zero-order valence-electron chi connectivity index (χ0n) is 13.1. The molecule has 1 aromatic carbocycles. The lowest BCUT2D eigenvalue weighted by Crippen LogP contribution is -2.48. The summed E-state index contributed by atoms with van der Waals surface area (Å²) in [6.07, 6.45) is -4.42. The Morgan fingerprint density at radius 3 is 2.43 bits per heavy atom. The summed E-state index contributed by atoms with van der Waals surface area (Å²) in [6, 6.07) is 3.03. The Kier molecular flexibility index (Phi) is 6.56. The average molecular weight is 331 g/mol. The van der Waals surface area contributed by atoms with Crippen molar-refractivity contribution in [2.45, 2.75) is 39.0 Å². The van der Waals surface area contributed by atoms with Crippen LogP contribution < -0.4 is 16.0 Å². The maximum Gasteiger partial charge on any atom is 0.416 e. The molecule has 0 aliphatic carbocycles. The Hall–Kier alpha value is -2.09. The van der Waals surface area contributed by atoms with Gasteiger partial charge in [-0.15, -0.1) is 0 Å². The summed E-state index contributed by atoms with van der Waals surface area (Å²) in [5, 5.41) is 7.42. The van der Waals surface area contributed by atoms with Gasteiger partial charge in [0.15, 0.2) is 0 Å². The molecule has 0 spiro atoms. The van der Waals surface area contributed by atoms with E-state index in [1.165, 1.54) is 13.0 Å². The van der Waals surface area contributed by atoms with Crippen LogP contribution in [0.25, 0.3) is 0 Å². The molecule has 2 atom stereocenters. The van der Waals surface area contributed by atoms with Gasteiger partial charge in [-0.2, -0.15) is 13.2 Å². The smallest absolute Gasteiger partial charge is 0.338 e. The van der Waals surface area contributed by atoms with Crippen LogP contribution in [-0.2, 0) is 11.0 Å². The normalized spacial score (nSPS) is 14.0. The van der Waals surface area contributed by atoms with E-state index in [2.05, 4.69) is 16.0 Å². The molecule has 8 heteroatoms. The van der Waals surface area contributed by atoms with Crippen LogP contribution >= 0.6 is 0 Å². The first-order valence-electron chi connectivity index (χ1n) is 7.17. The van der Waals surface area contributed by atoms with Crippen LogP contribution in [0.2, 0.25) is 0 Å². The molecule has 1 rings (SSSR count). The number of amides is 3. The summed E-state index contributed by atoms with van der Waals surface area (Å²) >= 11 is 0. The molecular weight excluding hydrogens is 311 g/mol. The number of alkyl halides is 3. The van der Waals surface area contributed by atoms with Crippen LogP contribution in [0.1, 0.15) is 37.9 Å². The van der Waals surface area contributed by atoms with Gasteiger partial charge in [-0.3, -0.25) is 15.4 Å². The van der Waals surface area contributed by atoms with Gasteiger partial charge in [0, 0.05) is 12.6 Å². The Morgan fingerprint density at radius 1 is 1.22 bits per heavy atom. The second kappa shape index (κ2) is 7.96. The van der Waals surface area contributed by atoms with Crippen molar-refractivity contribution in [1.29, 1.82) is 0 Å². The lowest BCUT2D eigenvalue weighted by molar-refractivity contribution is -0.137. The first-order chi connectivity index (χ1) is 10.6. The molecule has 5 nitrogen and oxygen atoms in total. The summed E-state index contributed by atoms with van der Waals surface area (Å²) in [5.74, 6) is -0.560. The Balaban J connectivity index is 2.70. The van der Waals surface area contributed by atoms with Crippen molar-refractivity contribution >= 4 is 11.9 Å². The largest absolute Gasteiger partial charge is 0.416 e. The zero-order valence-corrected chi connectivity index (χ0v) is 13.1. The van der Waals surface area contributed by atoms with E-state index >= 15 is 0 Å². The van der Waals surface area contributed by atoms with Crippen LogP contribution in [0, 0.1) is 0 Å². The molecule has 0 heterocycles. The molecule has 0 radical (unpaired) electrons. The van der Waals surface area contributed by atoms with E-state index in [1.807, 2.05) is 0 Å². The molecule has 128 valence electrons. The maximum absolute atomic E-state index is 12.7. The number of halogens is 3. The fraction of sp³-hybridized carbons (Fsp3) is 0.467. The highest BCUT2D eigenvalue weighted by Crippen LogP contribution is 2.30. The minimum atomic E-state index is -4.42. The van der Waals surface area contributed by atoms with Crippen LogP contribution in [0.4, 0.5) is 18.0 Å². The van der Waals surface area contributed by atoms with Gasteiger partial charge in [0.1, 0.15) is 0 Å². The van der Waals surface area contributed by atoms with Crippen molar-refractivity contribution in [1.82, 2.24) is 16.0 Å². The fourth-order valence-electron chi connectivity index (χ4n) is 1.96. The molecule has 0 fully saturated rings. The standard InChI is InChI=1S/C15H20F3N3O2/c1-4-19-14(23)21-13(22)10(3)20-9(2)11-6-5-7-12(8-11)15(16,17)18/h5-10,20H,4H2,1-3H3,(H2,19,21,22,23)/t9-,10-/m0/s1. The van der Waals surface area contributed by atoms with Gasteiger partial charge in [-0.05, 0) is 38.5 Å². The number of carbonyl (C=O) groups is 2. The van der Waals surface area contributed by atoms with Crippen LogP contribution in [0.15, 0.2) is 24.3 Å². The van der Waals surface area contributed by atoms with E-state index in [4.69, 9.17) is 0 Å². The third-order valence-electron chi connectivity index (χ3n) is 3.18. The SMILES string of the molecule is CCNC(=O)NC(=O)[C@H](C)N[C@@H](C)c1cccc(C(F)(F)F)c1. The number of rotatable bonds is 5. The molecule has 3 amide bonds. The zero-order chi connectivity index (χ0) is 17.6. The summed E-state index contributed by atoms with van der Waals surface area (Å²) in [6.45, 7) is 5.26. The molecule has 0 aliphatic heterocycles. The molecule has 3 N–H and O–H groups in total. The molecule has 0 saturated carbocycles. The van der Waals surface area contributed by atoms with Gasteiger partial charge < -0.3 is 5.32 Å². The molecule has 0 bridgehead atoms. The highest BCUT2D eigenvalue weighted by Gasteiger charge is 2.30. The van der Waals surface area contributed by atoms with Crippen molar-refractivity contribution in [3.63, 3.8) is 0 Å². The number of benzene rings is 1. The fourth-order valence-corrected chi connectivity index (χ4v) is 1.96. The molecule has 23 heavy (non-hydrogen) atoms. The van der Waals surface area contributed by atoms with Crippen molar-refractivity contribution < 1.29 is 22.8 Å². The third kappa shape index (κ3) is 5.90. The number of urea groups is 1. The highest BCUT2D eigenvalue weighted by atomic mass is 19.4. The van der Waals surface area contributed by atoms with Crippen molar-refractivity contribution in [3.05, 3.63) is 35.4 Å². The number of hydrogen-bond acceptors (Lipinski definition) is 3. The van der Waals surface area contributed by atoms with Gasteiger partial charge in [0.05, 0.1) is 11.6 Å². The van der Waals surface area contributed by atoms with E-state index < -0.39 is 35.8 Å². The third-order valence-corrected chi connectivity index (χ3v) is 3.18. The second-order valence-electron chi connectivity index (χ2n) is 5.08. The molecule has 1 aromatic rings. The summed E-state index contributed by atoms with van der Waals surface area (Å²) in [4.78, 5) is 23.1. The molecule has 0 saturated heterocycles. The van der Waals surface area contributed by atoms with Crippen LogP contribution in [0.5, 0.6) is 0 Å². The average Bonchev–Trinajstić information content (AvgIpc) is 2.46.